The molecule has 0 rings (SSSR count). The normalized spacial score (nSPS) is 12.8. The number of carbonyl (C=O) groups excluding carboxylic acids is 1. The third-order valence-electron chi connectivity index (χ3n) is 2.18. The van der Waals surface area contributed by atoms with Gasteiger partial charge in [0.25, 0.3) is 0 Å². The molecule has 1 nitrogen and oxygen atoms in total. The standard InChI is InChI=1S/C11H22OS/c1-4-7-8-10(6-3)11(12)13-9-5-2/h10H,4-9H2,1-3H3. The molecule has 0 spiro atoms. The number of thioether (sulfide) groups is 1. The Bertz CT molecular complexity index is 134. The van der Waals surface area contributed by atoms with Crippen molar-refractivity contribution in [3.8, 4) is 0 Å². The molecule has 0 heterocycles. The fourth-order valence-electron chi connectivity index (χ4n) is 1.26. The summed E-state index contributed by atoms with van der Waals surface area (Å²) < 4.78 is 0. The van der Waals surface area contributed by atoms with Crippen LogP contribution in [0.5, 0.6) is 0 Å². The smallest absolute Gasteiger partial charge is 0.192 e. The topological polar surface area (TPSA) is 17.1 Å². The summed E-state index contributed by atoms with van der Waals surface area (Å²) in [5.74, 6) is 1.30. The lowest BCUT2D eigenvalue weighted by Gasteiger charge is -2.11. The van der Waals surface area contributed by atoms with E-state index >= 15 is 0 Å². The predicted octanol–water partition coefficient (Wildman–Crippen LogP) is 3.87. The van der Waals surface area contributed by atoms with Gasteiger partial charge in [0.15, 0.2) is 5.12 Å². The van der Waals surface area contributed by atoms with Gasteiger partial charge < -0.3 is 0 Å². The monoisotopic (exact) mass is 202 g/mol. The summed E-state index contributed by atoms with van der Waals surface area (Å²) in [6.07, 6.45) is 5.58. The lowest BCUT2D eigenvalue weighted by molar-refractivity contribution is -0.114. The second-order valence-electron chi connectivity index (χ2n) is 3.41. The van der Waals surface area contributed by atoms with E-state index in [9.17, 15) is 4.79 Å². The lowest BCUT2D eigenvalue weighted by Crippen LogP contribution is -2.10. The summed E-state index contributed by atoms with van der Waals surface area (Å²) in [6, 6.07) is 0. The van der Waals surface area contributed by atoms with Gasteiger partial charge in [-0.25, -0.2) is 0 Å². The highest BCUT2D eigenvalue weighted by Gasteiger charge is 2.15. The molecule has 78 valence electrons. The second-order valence-corrected chi connectivity index (χ2v) is 4.51. The zero-order chi connectivity index (χ0) is 10.1. The van der Waals surface area contributed by atoms with E-state index in [1.54, 1.807) is 0 Å². The Morgan fingerprint density at radius 3 is 2.38 bits per heavy atom. The average molecular weight is 202 g/mol. The van der Waals surface area contributed by atoms with Gasteiger partial charge in [-0.1, -0.05) is 45.4 Å². The van der Waals surface area contributed by atoms with E-state index in [0.29, 0.717) is 11.0 Å². The molecule has 1 unspecified atom stereocenters. The van der Waals surface area contributed by atoms with E-state index in [-0.39, 0.29) is 0 Å². The molecule has 0 aromatic rings. The van der Waals surface area contributed by atoms with Crippen molar-refractivity contribution >= 4 is 16.9 Å². The number of unbranched alkanes of at least 4 members (excludes halogenated alkanes) is 1. The largest absolute Gasteiger partial charge is 0.287 e. The molecule has 13 heavy (non-hydrogen) atoms. The van der Waals surface area contributed by atoms with Crippen molar-refractivity contribution in [1.29, 1.82) is 0 Å². The van der Waals surface area contributed by atoms with Gasteiger partial charge >= 0.3 is 0 Å². The maximum absolute atomic E-state index is 11.6. The molecule has 0 aliphatic carbocycles. The summed E-state index contributed by atoms with van der Waals surface area (Å²) in [6.45, 7) is 6.41. The van der Waals surface area contributed by atoms with Crippen LogP contribution in [0.15, 0.2) is 0 Å². The zero-order valence-corrected chi connectivity index (χ0v) is 9.95. The van der Waals surface area contributed by atoms with Crippen LogP contribution in [0.25, 0.3) is 0 Å². The molecule has 0 N–H and O–H groups in total. The minimum atomic E-state index is 0.316. The molecule has 0 saturated carbocycles. The Kier molecular flexibility index (Phi) is 8.62. The van der Waals surface area contributed by atoms with E-state index in [4.69, 9.17) is 0 Å². The SMILES string of the molecule is CCCCC(CC)C(=O)SCCC. The van der Waals surface area contributed by atoms with Gasteiger partial charge in [-0.3, -0.25) is 4.79 Å². The Hall–Kier alpha value is 0.0200. The van der Waals surface area contributed by atoms with E-state index in [0.717, 1.165) is 25.0 Å². The number of carbonyl (C=O) groups is 1. The third kappa shape index (κ3) is 6.14. The Morgan fingerprint density at radius 1 is 1.23 bits per heavy atom. The minimum absolute atomic E-state index is 0.316. The molecular weight excluding hydrogens is 180 g/mol. The molecule has 0 bridgehead atoms. The van der Waals surface area contributed by atoms with Crippen LogP contribution in [-0.4, -0.2) is 10.9 Å². The van der Waals surface area contributed by atoms with E-state index < -0.39 is 0 Å². The quantitative estimate of drug-likeness (QED) is 0.623. The van der Waals surface area contributed by atoms with Crippen LogP contribution >= 0.6 is 11.8 Å². The summed E-state index contributed by atoms with van der Waals surface area (Å²) >= 11 is 1.52. The van der Waals surface area contributed by atoms with Gasteiger partial charge in [0.05, 0.1) is 0 Å². The van der Waals surface area contributed by atoms with Gasteiger partial charge in [0.1, 0.15) is 0 Å². The zero-order valence-electron chi connectivity index (χ0n) is 9.14. The van der Waals surface area contributed by atoms with Crippen LogP contribution in [0, 0.1) is 5.92 Å². The van der Waals surface area contributed by atoms with Crippen molar-refractivity contribution in [3.05, 3.63) is 0 Å². The highest BCUT2D eigenvalue weighted by atomic mass is 32.2. The summed E-state index contributed by atoms with van der Waals surface area (Å²) in [5, 5.41) is 0.415. The van der Waals surface area contributed by atoms with Crippen molar-refractivity contribution in [1.82, 2.24) is 0 Å². The predicted molar refractivity (Wildman–Crippen MR) is 61.1 cm³/mol. The summed E-state index contributed by atoms with van der Waals surface area (Å²) in [4.78, 5) is 11.6. The Morgan fingerprint density at radius 2 is 1.92 bits per heavy atom. The van der Waals surface area contributed by atoms with Crippen molar-refractivity contribution in [2.24, 2.45) is 5.92 Å². The molecule has 0 aromatic heterocycles. The van der Waals surface area contributed by atoms with Crippen LogP contribution in [0.4, 0.5) is 0 Å². The van der Waals surface area contributed by atoms with Gasteiger partial charge in [-0.15, -0.1) is 0 Å². The van der Waals surface area contributed by atoms with Crippen LogP contribution < -0.4 is 0 Å². The molecule has 0 aliphatic heterocycles. The van der Waals surface area contributed by atoms with Crippen molar-refractivity contribution in [2.75, 3.05) is 5.75 Å². The molecule has 0 radical (unpaired) electrons. The molecular formula is C11H22OS. The minimum Gasteiger partial charge on any atom is -0.287 e. The Labute approximate surface area is 86.7 Å². The van der Waals surface area contributed by atoms with Gasteiger partial charge in [-0.05, 0) is 19.3 Å². The molecule has 0 aromatic carbocycles. The van der Waals surface area contributed by atoms with Gasteiger partial charge in [-0.2, -0.15) is 0 Å². The van der Waals surface area contributed by atoms with Crippen molar-refractivity contribution in [3.63, 3.8) is 0 Å². The van der Waals surface area contributed by atoms with Crippen LogP contribution in [0.3, 0.4) is 0 Å². The molecule has 0 amide bonds. The van der Waals surface area contributed by atoms with Crippen LogP contribution in [0.2, 0.25) is 0 Å². The lowest BCUT2D eigenvalue weighted by atomic mass is 10.0. The number of hydrogen-bond donors (Lipinski definition) is 0. The first-order valence-corrected chi connectivity index (χ1v) is 6.41. The molecule has 0 fully saturated rings. The molecule has 2 heteroatoms. The van der Waals surface area contributed by atoms with Crippen molar-refractivity contribution in [2.45, 2.75) is 52.9 Å². The number of hydrogen-bond acceptors (Lipinski definition) is 2. The molecule has 0 saturated heterocycles. The highest BCUT2D eigenvalue weighted by molar-refractivity contribution is 8.13. The maximum atomic E-state index is 11.6. The third-order valence-corrected chi connectivity index (χ3v) is 3.41. The number of rotatable bonds is 7. The average Bonchev–Trinajstić information content (AvgIpc) is 2.16. The fourth-order valence-corrected chi connectivity index (χ4v) is 2.19. The van der Waals surface area contributed by atoms with Crippen molar-refractivity contribution < 1.29 is 4.79 Å². The fraction of sp³-hybridized carbons (Fsp3) is 0.909. The van der Waals surface area contributed by atoms with Gasteiger partial charge in [0.2, 0.25) is 0 Å². The second kappa shape index (κ2) is 8.61. The van der Waals surface area contributed by atoms with Crippen LogP contribution in [0.1, 0.15) is 52.9 Å². The van der Waals surface area contributed by atoms with E-state index in [1.165, 1.54) is 24.6 Å². The van der Waals surface area contributed by atoms with E-state index in [1.807, 2.05) is 0 Å². The van der Waals surface area contributed by atoms with Crippen LogP contribution in [-0.2, 0) is 4.79 Å². The first-order chi connectivity index (χ1) is 6.26. The summed E-state index contributed by atoms with van der Waals surface area (Å²) in [7, 11) is 0. The first-order valence-electron chi connectivity index (χ1n) is 5.42. The van der Waals surface area contributed by atoms with Gasteiger partial charge in [0, 0.05) is 11.7 Å². The Balaban J connectivity index is 3.71. The summed E-state index contributed by atoms with van der Waals surface area (Å²) in [5.41, 5.74) is 0. The maximum Gasteiger partial charge on any atom is 0.192 e. The first kappa shape index (κ1) is 13.0. The highest BCUT2D eigenvalue weighted by Crippen LogP contribution is 2.20. The molecule has 0 aliphatic rings. The van der Waals surface area contributed by atoms with E-state index in [2.05, 4.69) is 20.8 Å². The molecule has 1 atom stereocenters.